The molecule has 5 nitrogen and oxygen atoms in total. The maximum atomic E-state index is 6.27. The summed E-state index contributed by atoms with van der Waals surface area (Å²) in [6.45, 7) is 2.02. The van der Waals surface area contributed by atoms with E-state index in [9.17, 15) is 0 Å². The van der Waals surface area contributed by atoms with E-state index < -0.39 is 0 Å². The summed E-state index contributed by atoms with van der Waals surface area (Å²) in [6.07, 6.45) is 1.64. The summed E-state index contributed by atoms with van der Waals surface area (Å²) in [6, 6.07) is 15.8. The first-order valence-corrected chi connectivity index (χ1v) is 7.88. The molecule has 0 atom stereocenters. The number of H-pyrrole nitrogens is 1. The van der Waals surface area contributed by atoms with E-state index in [1.807, 2.05) is 55.5 Å². The van der Waals surface area contributed by atoms with Crippen LogP contribution >= 0.6 is 11.6 Å². The van der Waals surface area contributed by atoms with Gasteiger partial charge in [-0.1, -0.05) is 41.9 Å². The summed E-state index contributed by atoms with van der Waals surface area (Å²) in [7, 11) is 0. The van der Waals surface area contributed by atoms with Gasteiger partial charge < -0.3 is 4.98 Å². The van der Waals surface area contributed by atoms with Crippen LogP contribution in [0, 0.1) is 6.92 Å². The van der Waals surface area contributed by atoms with Gasteiger partial charge in [-0.3, -0.25) is 0 Å². The van der Waals surface area contributed by atoms with E-state index in [1.54, 1.807) is 6.21 Å². The number of fused-ring (bicyclic) bond motifs is 2. The average molecular weight is 336 g/mol. The molecule has 0 aliphatic carbocycles. The van der Waals surface area contributed by atoms with Crippen LogP contribution in [0.3, 0.4) is 0 Å². The predicted octanol–water partition coefficient (Wildman–Crippen LogP) is 4.52. The summed E-state index contributed by atoms with van der Waals surface area (Å²) in [5, 5.41) is 5.66. The van der Waals surface area contributed by atoms with Gasteiger partial charge in [-0.2, -0.15) is 5.10 Å². The van der Waals surface area contributed by atoms with Crippen LogP contribution in [0.2, 0.25) is 5.15 Å². The van der Waals surface area contributed by atoms with Gasteiger partial charge in [-0.15, -0.1) is 0 Å². The molecule has 0 spiro atoms. The van der Waals surface area contributed by atoms with Crippen molar-refractivity contribution >= 4 is 45.7 Å². The Morgan fingerprint density at radius 1 is 1.12 bits per heavy atom. The van der Waals surface area contributed by atoms with Crippen LogP contribution in [0.1, 0.15) is 11.1 Å². The number of benzene rings is 2. The monoisotopic (exact) mass is 335 g/mol. The molecule has 4 rings (SSSR count). The Balaban J connectivity index is 1.61. The van der Waals surface area contributed by atoms with Gasteiger partial charge in [0, 0.05) is 10.9 Å². The Kier molecular flexibility index (Phi) is 3.63. The second-order valence-corrected chi connectivity index (χ2v) is 5.85. The first-order chi connectivity index (χ1) is 11.7. The molecule has 118 valence electrons. The van der Waals surface area contributed by atoms with E-state index in [2.05, 4.69) is 25.5 Å². The van der Waals surface area contributed by atoms with Crippen molar-refractivity contribution < 1.29 is 0 Å². The Labute approximate surface area is 143 Å². The summed E-state index contributed by atoms with van der Waals surface area (Å²) < 4.78 is 0. The van der Waals surface area contributed by atoms with Crippen molar-refractivity contribution in [2.24, 2.45) is 5.10 Å². The minimum atomic E-state index is 0.423. The van der Waals surface area contributed by atoms with E-state index in [4.69, 9.17) is 11.6 Å². The molecular formula is C18H14ClN5. The Morgan fingerprint density at radius 2 is 2.00 bits per heavy atom. The molecule has 4 aromatic rings. The first kappa shape index (κ1) is 14.7. The van der Waals surface area contributed by atoms with Gasteiger partial charge in [0.25, 0.3) is 0 Å². The van der Waals surface area contributed by atoms with E-state index in [-0.39, 0.29) is 0 Å². The molecule has 0 bridgehead atoms. The van der Waals surface area contributed by atoms with Crippen LogP contribution in [0.5, 0.6) is 0 Å². The predicted molar refractivity (Wildman–Crippen MR) is 98.8 cm³/mol. The topological polar surface area (TPSA) is 66.0 Å². The maximum absolute atomic E-state index is 6.27. The van der Waals surface area contributed by atoms with Crippen LogP contribution in [0.15, 0.2) is 53.6 Å². The molecule has 0 aliphatic rings. The Bertz CT molecular complexity index is 1030. The van der Waals surface area contributed by atoms with Crippen molar-refractivity contribution in [2.45, 2.75) is 6.92 Å². The van der Waals surface area contributed by atoms with E-state index in [1.165, 1.54) is 0 Å². The fraction of sp³-hybridized carbons (Fsp3) is 0.0556. The smallest absolute Gasteiger partial charge is 0.222 e. The zero-order valence-corrected chi connectivity index (χ0v) is 13.7. The molecule has 0 aliphatic heterocycles. The molecule has 2 heterocycles. The van der Waals surface area contributed by atoms with Crippen molar-refractivity contribution in [1.29, 1.82) is 0 Å². The number of anilines is 1. The lowest BCUT2D eigenvalue weighted by Crippen LogP contribution is -1.95. The molecule has 0 saturated heterocycles. The number of hydrogen-bond donors (Lipinski definition) is 2. The number of aryl methyl sites for hydroxylation is 1. The molecule has 2 aromatic heterocycles. The number of hydrazone groups is 1. The highest BCUT2D eigenvalue weighted by molar-refractivity contribution is 6.32. The van der Waals surface area contributed by atoms with E-state index in [0.717, 1.165) is 33.1 Å². The third kappa shape index (κ3) is 2.70. The number of nitrogens with one attached hydrogen (secondary N) is 2. The van der Waals surface area contributed by atoms with Crippen molar-refractivity contribution in [3.8, 4) is 0 Å². The van der Waals surface area contributed by atoms with Crippen LogP contribution in [-0.2, 0) is 0 Å². The molecule has 0 fully saturated rings. The van der Waals surface area contributed by atoms with Gasteiger partial charge in [-0.05, 0) is 30.7 Å². The Hall–Kier alpha value is -2.92. The number of para-hydroxylation sites is 3. The fourth-order valence-corrected chi connectivity index (χ4v) is 2.79. The quantitative estimate of drug-likeness (QED) is 0.328. The van der Waals surface area contributed by atoms with Crippen LogP contribution < -0.4 is 5.43 Å². The lowest BCUT2D eigenvalue weighted by molar-refractivity contribution is 1.21. The minimum Gasteiger partial charge on any atom is -0.323 e. The SMILES string of the molecule is Cc1cccc2cc(C=NNc3nc4ccccc4[nH]3)c(Cl)nc12. The fourth-order valence-electron chi connectivity index (χ4n) is 2.60. The van der Waals surface area contributed by atoms with Crippen molar-refractivity contribution in [3.63, 3.8) is 0 Å². The number of aromatic amines is 1. The van der Waals surface area contributed by atoms with Gasteiger partial charge in [0.2, 0.25) is 5.95 Å². The van der Waals surface area contributed by atoms with Gasteiger partial charge in [0.15, 0.2) is 0 Å². The number of hydrogen-bond acceptors (Lipinski definition) is 4. The highest BCUT2D eigenvalue weighted by Gasteiger charge is 2.05. The summed E-state index contributed by atoms with van der Waals surface area (Å²) in [4.78, 5) is 12.0. The van der Waals surface area contributed by atoms with Crippen molar-refractivity contribution in [3.05, 3.63) is 64.8 Å². The van der Waals surface area contributed by atoms with Crippen molar-refractivity contribution in [1.82, 2.24) is 15.0 Å². The molecule has 0 saturated carbocycles. The molecule has 0 radical (unpaired) electrons. The van der Waals surface area contributed by atoms with Crippen LogP contribution in [0.25, 0.3) is 21.9 Å². The molecule has 24 heavy (non-hydrogen) atoms. The molecule has 0 amide bonds. The second kappa shape index (κ2) is 5.94. The van der Waals surface area contributed by atoms with Gasteiger partial charge in [0.1, 0.15) is 5.15 Å². The van der Waals surface area contributed by atoms with Gasteiger partial charge >= 0.3 is 0 Å². The lowest BCUT2D eigenvalue weighted by Gasteiger charge is -2.04. The zero-order valence-electron chi connectivity index (χ0n) is 12.9. The van der Waals surface area contributed by atoms with Crippen LogP contribution in [-0.4, -0.2) is 21.2 Å². The highest BCUT2D eigenvalue weighted by Crippen LogP contribution is 2.22. The number of imidazole rings is 1. The first-order valence-electron chi connectivity index (χ1n) is 7.50. The molecule has 2 N–H and O–H groups in total. The van der Waals surface area contributed by atoms with Crippen molar-refractivity contribution in [2.75, 3.05) is 5.43 Å². The molecule has 0 unspecified atom stereocenters. The van der Waals surface area contributed by atoms with Gasteiger partial charge in [-0.25, -0.2) is 15.4 Å². The number of halogens is 1. The third-order valence-electron chi connectivity index (χ3n) is 3.79. The number of rotatable bonds is 3. The number of aromatic nitrogens is 3. The second-order valence-electron chi connectivity index (χ2n) is 5.49. The largest absolute Gasteiger partial charge is 0.323 e. The maximum Gasteiger partial charge on any atom is 0.222 e. The average Bonchev–Trinajstić information content (AvgIpc) is 2.99. The van der Waals surface area contributed by atoms with E-state index in [0.29, 0.717) is 11.1 Å². The number of pyridine rings is 1. The standard InChI is InChI=1S/C18H14ClN5/c1-11-5-4-6-12-9-13(17(19)23-16(11)12)10-20-24-18-21-14-7-2-3-8-15(14)22-18/h2-10H,1H3,(H2,21,22,24). The van der Waals surface area contributed by atoms with E-state index >= 15 is 0 Å². The molecular weight excluding hydrogens is 322 g/mol. The normalized spacial score (nSPS) is 11.6. The minimum absolute atomic E-state index is 0.423. The lowest BCUT2D eigenvalue weighted by atomic mass is 10.1. The highest BCUT2D eigenvalue weighted by atomic mass is 35.5. The summed E-state index contributed by atoms with van der Waals surface area (Å²) in [5.74, 6) is 0.577. The van der Waals surface area contributed by atoms with Crippen LogP contribution in [0.4, 0.5) is 5.95 Å². The number of nitrogens with zero attached hydrogens (tertiary/aromatic N) is 3. The third-order valence-corrected chi connectivity index (χ3v) is 4.09. The summed E-state index contributed by atoms with van der Waals surface area (Å²) in [5.41, 5.74) is 7.48. The van der Waals surface area contributed by atoms with Gasteiger partial charge in [0.05, 0.1) is 22.8 Å². The Morgan fingerprint density at radius 3 is 2.88 bits per heavy atom. The molecule has 2 aromatic carbocycles. The zero-order chi connectivity index (χ0) is 16.5. The molecule has 6 heteroatoms. The summed E-state index contributed by atoms with van der Waals surface area (Å²) >= 11 is 6.27.